The molecule has 0 saturated heterocycles. The molecule has 0 radical (unpaired) electrons. The summed E-state index contributed by atoms with van der Waals surface area (Å²) in [5, 5.41) is 4.76. The molecule has 1 N–H and O–H groups in total. The Balaban J connectivity index is 2.19. The van der Waals surface area contributed by atoms with Crippen molar-refractivity contribution < 1.29 is 9.59 Å². The molecule has 3 nitrogen and oxygen atoms in total. The normalized spacial score (nSPS) is 12.1. The van der Waals surface area contributed by atoms with Gasteiger partial charge in [0, 0.05) is 17.7 Å². The lowest BCUT2D eigenvalue weighted by molar-refractivity contribution is -0.127. The van der Waals surface area contributed by atoms with E-state index in [0.29, 0.717) is 12.8 Å². The van der Waals surface area contributed by atoms with E-state index in [-0.39, 0.29) is 17.7 Å². The molecule has 94 valence electrons. The van der Waals surface area contributed by atoms with E-state index in [1.807, 2.05) is 18.4 Å². The summed E-state index contributed by atoms with van der Waals surface area (Å²) in [7, 11) is 0. The molecule has 0 fully saturated rings. The van der Waals surface area contributed by atoms with Crippen molar-refractivity contribution >= 4 is 23.0 Å². The van der Waals surface area contributed by atoms with Crippen molar-refractivity contribution in [1.29, 1.82) is 0 Å². The fourth-order valence-corrected chi connectivity index (χ4v) is 2.33. The van der Waals surface area contributed by atoms with Crippen LogP contribution in [-0.2, 0) is 16.0 Å². The van der Waals surface area contributed by atoms with E-state index >= 15 is 0 Å². The van der Waals surface area contributed by atoms with Gasteiger partial charge in [-0.05, 0) is 31.2 Å². The van der Waals surface area contributed by atoms with Crippen molar-refractivity contribution in [2.24, 2.45) is 0 Å². The van der Waals surface area contributed by atoms with E-state index in [4.69, 9.17) is 0 Å². The van der Waals surface area contributed by atoms with Gasteiger partial charge in [0.15, 0.2) is 5.78 Å². The van der Waals surface area contributed by atoms with Crippen LogP contribution in [0.15, 0.2) is 17.5 Å². The van der Waals surface area contributed by atoms with Gasteiger partial charge in [-0.2, -0.15) is 0 Å². The second kappa shape index (κ2) is 7.22. The van der Waals surface area contributed by atoms with E-state index in [9.17, 15) is 9.59 Å². The summed E-state index contributed by atoms with van der Waals surface area (Å²) in [6.45, 7) is 3.55. The average molecular weight is 253 g/mol. The Morgan fingerprint density at radius 3 is 2.82 bits per heavy atom. The molecule has 0 aliphatic rings. The zero-order chi connectivity index (χ0) is 12.7. The van der Waals surface area contributed by atoms with Crippen LogP contribution in [0.5, 0.6) is 0 Å². The second-order valence-corrected chi connectivity index (χ2v) is 5.07. The van der Waals surface area contributed by atoms with Crippen LogP contribution in [-0.4, -0.2) is 17.7 Å². The topological polar surface area (TPSA) is 46.2 Å². The SMILES string of the molecule is CCC(=O)C(C)NC(=O)CCCc1cccs1. The lowest BCUT2D eigenvalue weighted by atomic mass is 10.1. The number of carbonyl (C=O) groups excluding carboxylic acids is 2. The fourth-order valence-electron chi connectivity index (χ4n) is 1.58. The van der Waals surface area contributed by atoms with Gasteiger partial charge >= 0.3 is 0 Å². The summed E-state index contributed by atoms with van der Waals surface area (Å²) in [4.78, 5) is 24.1. The molecule has 1 amide bonds. The van der Waals surface area contributed by atoms with Crippen LogP contribution in [0, 0.1) is 0 Å². The molecule has 1 atom stereocenters. The Labute approximate surface area is 106 Å². The molecule has 1 aromatic rings. The van der Waals surface area contributed by atoms with Crippen molar-refractivity contribution in [3.05, 3.63) is 22.4 Å². The van der Waals surface area contributed by atoms with Gasteiger partial charge < -0.3 is 5.32 Å². The van der Waals surface area contributed by atoms with E-state index in [1.165, 1.54) is 4.88 Å². The highest BCUT2D eigenvalue weighted by Crippen LogP contribution is 2.11. The van der Waals surface area contributed by atoms with Crippen LogP contribution >= 0.6 is 11.3 Å². The first kappa shape index (κ1) is 13.9. The number of hydrogen-bond donors (Lipinski definition) is 1. The van der Waals surface area contributed by atoms with Gasteiger partial charge in [0.25, 0.3) is 0 Å². The molecule has 0 saturated carbocycles. The Hall–Kier alpha value is -1.16. The maximum absolute atomic E-state index is 11.5. The van der Waals surface area contributed by atoms with E-state index in [0.717, 1.165) is 12.8 Å². The Kier molecular flexibility index (Phi) is 5.91. The van der Waals surface area contributed by atoms with Crippen LogP contribution in [0.4, 0.5) is 0 Å². The molecule has 1 rings (SSSR count). The van der Waals surface area contributed by atoms with Crippen LogP contribution in [0.3, 0.4) is 0 Å². The van der Waals surface area contributed by atoms with Crippen molar-refractivity contribution in [2.75, 3.05) is 0 Å². The molecule has 0 aliphatic carbocycles. The van der Waals surface area contributed by atoms with Gasteiger partial charge in [0.1, 0.15) is 0 Å². The predicted octanol–water partition coefficient (Wildman–Crippen LogP) is 2.55. The molecule has 1 unspecified atom stereocenters. The number of hydrogen-bond acceptors (Lipinski definition) is 3. The van der Waals surface area contributed by atoms with Crippen molar-refractivity contribution in [3.8, 4) is 0 Å². The molecular formula is C13H19NO2S. The van der Waals surface area contributed by atoms with E-state index in [1.54, 1.807) is 18.3 Å². The molecule has 17 heavy (non-hydrogen) atoms. The van der Waals surface area contributed by atoms with E-state index in [2.05, 4.69) is 11.4 Å². The van der Waals surface area contributed by atoms with Gasteiger partial charge in [-0.3, -0.25) is 9.59 Å². The fraction of sp³-hybridized carbons (Fsp3) is 0.538. The molecule has 0 spiro atoms. The maximum Gasteiger partial charge on any atom is 0.220 e. The lowest BCUT2D eigenvalue weighted by Gasteiger charge is -2.11. The van der Waals surface area contributed by atoms with E-state index < -0.39 is 0 Å². The molecule has 0 bridgehead atoms. The minimum Gasteiger partial charge on any atom is -0.347 e. The van der Waals surface area contributed by atoms with Gasteiger partial charge in [-0.25, -0.2) is 0 Å². The largest absolute Gasteiger partial charge is 0.347 e. The summed E-state index contributed by atoms with van der Waals surface area (Å²) in [5.41, 5.74) is 0. The Bertz CT molecular complexity index is 360. The van der Waals surface area contributed by atoms with Crippen LogP contribution in [0.1, 0.15) is 38.0 Å². The minimum absolute atomic E-state index is 0.0316. The summed E-state index contributed by atoms with van der Waals surface area (Å²) >= 11 is 1.71. The van der Waals surface area contributed by atoms with Crippen LogP contribution < -0.4 is 5.32 Å². The zero-order valence-electron chi connectivity index (χ0n) is 10.4. The molecule has 0 aliphatic heterocycles. The average Bonchev–Trinajstić information content (AvgIpc) is 2.80. The highest BCUT2D eigenvalue weighted by atomic mass is 32.1. The number of thiophene rings is 1. The Morgan fingerprint density at radius 1 is 1.47 bits per heavy atom. The maximum atomic E-state index is 11.5. The van der Waals surface area contributed by atoms with Crippen molar-refractivity contribution in [2.45, 2.75) is 45.6 Å². The quantitative estimate of drug-likeness (QED) is 0.811. The molecule has 0 aromatic carbocycles. The summed E-state index contributed by atoms with van der Waals surface area (Å²) in [5.74, 6) is 0.0486. The first-order valence-corrected chi connectivity index (χ1v) is 6.86. The molecular weight excluding hydrogens is 234 g/mol. The van der Waals surface area contributed by atoms with Crippen LogP contribution in [0.2, 0.25) is 0 Å². The second-order valence-electron chi connectivity index (χ2n) is 4.04. The van der Waals surface area contributed by atoms with Gasteiger partial charge in [0.2, 0.25) is 5.91 Å². The van der Waals surface area contributed by atoms with Gasteiger partial charge in [0.05, 0.1) is 6.04 Å². The minimum atomic E-state index is -0.353. The monoisotopic (exact) mass is 253 g/mol. The third-order valence-electron chi connectivity index (χ3n) is 2.62. The number of aryl methyl sites for hydroxylation is 1. The number of rotatable bonds is 7. The van der Waals surface area contributed by atoms with Gasteiger partial charge in [-0.15, -0.1) is 11.3 Å². The number of carbonyl (C=O) groups is 2. The summed E-state index contributed by atoms with van der Waals surface area (Å²) in [6, 6.07) is 3.74. The number of Topliss-reactive ketones (excluding diaryl/α,β-unsaturated/α-hetero) is 1. The highest BCUT2D eigenvalue weighted by molar-refractivity contribution is 7.09. The third-order valence-corrected chi connectivity index (χ3v) is 3.55. The first-order valence-electron chi connectivity index (χ1n) is 5.98. The first-order chi connectivity index (χ1) is 8.13. The van der Waals surface area contributed by atoms with Crippen LogP contribution in [0.25, 0.3) is 0 Å². The van der Waals surface area contributed by atoms with Gasteiger partial charge in [-0.1, -0.05) is 13.0 Å². The molecule has 4 heteroatoms. The molecule has 1 heterocycles. The number of amides is 1. The third kappa shape index (κ3) is 5.13. The standard InChI is InChI=1S/C13H19NO2S/c1-3-12(15)10(2)14-13(16)8-4-6-11-7-5-9-17-11/h5,7,9-10H,3-4,6,8H2,1-2H3,(H,14,16). The summed E-state index contributed by atoms with van der Waals surface area (Å²) in [6.07, 6.45) is 2.72. The summed E-state index contributed by atoms with van der Waals surface area (Å²) < 4.78 is 0. The zero-order valence-corrected chi connectivity index (χ0v) is 11.2. The Morgan fingerprint density at radius 2 is 2.24 bits per heavy atom. The van der Waals surface area contributed by atoms with Crippen molar-refractivity contribution in [1.82, 2.24) is 5.32 Å². The van der Waals surface area contributed by atoms with Crippen molar-refractivity contribution in [3.63, 3.8) is 0 Å². The number of ketones is 1. The number of nitrogens with one attached hydrogen (secondary N) is 1. The highest BCUT2D eigenvalue weighted by Gasteiger charge is 2.12. The lowest BCUT2D eigenvalue weighted by Crippen LogP contribution is -2.38. The smallest absolute Gasteiger partial charge is 0.220 e. The predicted molar refractivity (Wildman–Crippen MR) is 70.2 cm³/mol. The molecule has 1 aromatic heterocycles.